The zero-order valence-electron chi connectivity index (χ0n) is 9.87. The molecule has 4 atom stereocenters. The molecule has 2 bridgehead atoms. The lowest BCUT2D eigenvalue weighted by atomic mass is 10.0. The Labute approximate surface area is 92.4 Å². The van der Waals surface area contributed by atoms with E-state index < -0.39 is 5.60 Å². The first-order valence-electron chi connectivity index (χ1n) is 6.52. The van der Waals surface area contributed by atoms with Gasteiger partial charge in [0.1, 0.15) is 0 Å². The van der Waals surface area contributed by atoms with E-state index in [0.717, 1.165) is 42.7 Å². The molecular weight excluding hydrogens is 186 g/mol. The van der Waals surface area contributed by atoms with Crippen molar-refractivity contribution < 1.29 is 5.11 Å². The largest absolute Gasteiger partial charge is 0.390 e. The van der Waals surface area contributed by atoms with Crippen molar-refractivity contribution in [2.45, 2.75) is 51.2 Å². The van der Waals surface area contributed by atoms with Crippen LogP contribution >= 0.6 is 0 Å². The molecule has 2 heteroatoms. The van der Waals surface area contributed by atoms with Gasteiger partial charge in [-0.1, -0.05) is 0 Å². The molecule has 0 spiro atoms. The standard InChI is InChI=1S/C13H23NO/c1-13(2,15)5-6-14-12-10-8-3-4-9(7-8)11(10)12/h8-12,14-15H,3-7H2,1-2H3. The molecule has 0 aromatic rings. The highest BCUT2D eigenvalue weighted by Gasteiger charge is 2.64. The van der Waals surface area contributed by atoms with Crippen molar-refractivity contribution in [3.05, 3.63) is 0 Å². The third-order valence-corrected chi connectivity index (χ3v) is 4.85. The van der Waals surface area contributed by atoms with Crippen LogP contribution in [0.2, 0.25) is 0 Å². The summed E-state index contributed by atoms with van der Waals surface area (Å²) in [4.78, 5) is 0. The Morgan fingerprint density at radius 1 is 1.20 bits per heavy atom. The molecule has 4 unspecified atom stereocenters. The maximum atomic E-state index is 9.63. The van der Waals surface area contributed by atoms with Gasteiger partial charge in [-0.3, -0.25) is 0 Å². The molecular formula is C13H23NO. The van der Waals surface area contributed by atoms with Gasteiger partial charge < -0.3 is 10.4 Å². The second-order valence-corrected chi connectivity index (χ2v) is 6.53. The van der Waals surface area contributed by atoms with Crippen molar-refractivity contribution >= 4 is 0 Å². The van der Waals surface area contributed by atoms with E-state index in [9.17, 15) is 5.11 Å². The van der Waals surface area contributed by atoms with E-state index in [-0.39, 0.29) is 0 Å². The van der Waals surface area contributed by atoms with Gasteiger partial charge in [-0.15, -0.1) is 0 Å². The third-order valence-electron chi connectivity index (χ3n) is 4.85. The van der Waals surface area contributed by atoms with E-state index in [2.05, 4.69) is 5.32 Å². The molecule has 0 amide bonds. The van der Waals surface area contributed by atoms with Gasteiger partial charge in [0.05, 0.1) is 5.60 Å². The van der Waals surface area contributed by atoms with Crippen LogP contribution < -0.4 is 5.32 Å². The Balaban J connectivity index is 1.45. The van der Waals surface area contributed by atoms with Crippen molar-refractivity contribution in [1.82, 2.24) is 5.32 Å². The molecule has 2 nitrogen and oxygen atoms in total. The van der Waals surface area contributed by atoms with Crippen molar-refractivity contribution in [2.24, 2.45) is 23.7 Å². The third kappa shape index (κ3) is 1.72. The summed E-state index contributed by atoms with van der Waals surface area (Å²) in [5.41, 5.74) is -0.504. The average molecular weight is 209 g/mol. The second-order valence-electron chi connectivity index (χ2n) is 6.53. The maximum Gasteiger partial charge on any atom is 0.0603 e. The van der Waals surface area contributed by atoms with Crippen molar-refractivity contribution in [2.75, 3.05) is 6.54 Å². The molecule has 0 aromatic heterocycles. The quantitative estimate of drug-likeness (QED) is 0.740. The van der Waals surface area contributed by atoms with Crippen LogP contribution in [0, 0.1) is 23.7 Å². The van der Waals surface area contributed by atoms with Crippen LogP contribution in [-0.2, 0) is 0 Å². The van der Waals surface area contributed by atoms with Crippen LogP contribution in [0.1, 0.15) is 39.5 Å². The first kappa shape index (κ1) is 10.1. The van der Waals surface area contributed by atoms with Gasteiger partial charge in [0.25, 0.3) is 0 Å². The number of fused-ring (bicyclic) bond motifs is 5. The highest BCUT2D eigenvalue weighted by molar-refractivity contribution is 5.16. The fraction of sp³-hybridized carbons (Fsp3) is 1.00. The SMILES string of the molecule is CC(C)(O)CCNC1C2C3CCC(C3)C12. The molecule has 2 N–H and O–H groups in total. The van der Waals surface area contributed by atoms with Crippen LogP contribution in [0.3, 0.4) is 0 Å². The molecule has 3 aliphatic rings. The van der Waals surface area contributed by atoms with E-state index in [1.54, 1.807) is 0 Å². The lowest BCUT2D eigenvalue weighted by molar-refractivity contribution is 0.0708. The molecule has 3 aliphatic carbocycles. The van der Waals surface area contributed by atoms with E-state index in [4.69, 9.17) is 0 Å². The van der Waals surface area contributed by atoms with Gasteiger partial charge in [0.2, 0.25) is 0 Å². The summed E-state index contributed by atoms with van der Waals surface area (Å²) in [5, 5.41) is 13.3. The molecule has 3 fully saturated rings. The van der Waals surface area contributed by atoms with Crippen molar-refractivity contribution in [3.8, 4) is 0 Å². The zero-order valence-corrected chi connectivity index (χ0v) is 9.87. The van der Waals surface area contributed by atoms with Gasteiger partial charge in [-0.25, -0.2) is 0 Å². The predicted octanol–water partition coefficient (Wildman–Crippen LogP) is 1.78. The first-order chi connectivity index (χ1) is 7.06. The van der Waals surface area contributed by atoms with E-state index in [0.29, 0.717) is 0 Å². The van der Waals surface area contributed by atoms with Crippen LogP contribution in [0.15, 0.2) is 0 Å². The highest BCUT2D eigenvalue weighted by atomic mass is 16.3. The minimum Gasteiger partial charge on any atom is -0.390 e. The molecule has 0 aliphatic heterocycles. The van der Waals surface area contributed by atoms with Gasteiger partial charge >= 0.3 is 0 Å². The van der Waals surface area contributed by atoms with Gasteiger partial charge in [0, 0.05) is 6.04 Å². The number of aliphatic hydroxyl groups is 1. The molecule has 3 saturated carbocycles. The fourth-order valence-electron chi connectivity index (χ4n) is 4.14. The van der Waals surface area contributed by atoms with E-state index in [1.807, 2.05) is 13.8 Å². The fourth-order valence-corrected chi connectivity index (χ4v) is 4.14. The summed E-state index contributed by atoms with van der Waals surface area (Å²) >= 11 is 0. The number of hydrogen-bond donors (Lipinski definition) is 2. The van der Waals surface area contributed by atoms with Gasteiger partial charge in [-0.05, 0) is 69.7 Å². The van der Waals surface area contributed by atoms with Gasteiger partial charge in [0.15, 0.2) is 0 Å². The van der Waals surface area contributed by atoms with Crippen molar-refractivity contribution in [1.29, 1.82) is 0 Å². The van der Waals surface area contributed by atoms with Crippen LogP contribution in [0.5, 0.6) is 0 Å². The lowest BCUT2D eigenvalue weighted by Crippen LogP contribution is -2.30. The molecule has 86 valence electrons. The van der Waals surface area contributed by atoms with E-state index >= 15 is 0 Å². The normalized spacial score (nSPS) is 47.0. The molecule has 3 rings (SSSR count). The Kier molecular flexibility index (Phi) is 2.16. The smallest absolute Gasteiger partial charge is 0.0603 e. The number of rotatable bonds is 4. The lowest BCUT2D eigenvalue weighted by Gasteiger charge is -2.18. The summed E-state index contributed by atoms with van der Waals surface area (Å²) in [6.45, 7) is 4.78. The number of hydrogen-bond acceptors (Lipinski definition) is 2. The Morgan fingerprint density at radius 3 is 2.33 bits per heavy atom. The van der Waals surface area contributed by atoms with Crippen LogP contribution in [0.4, 0.5) is 0 Å². The molecule has 0 saturated heterocycles. The summed E-state index contributed by atoms with van der Waals surface area (Å²) in [6, 6.07) is 0.818. The van der Waals surface area contributed by atoms with Crippen molar-refractivity contribution in [3.63, 3.8) is 0 Å². The Morgan fingerprint density at radius 2 is 1.80 bits per heavy atom. The summed E-state index contributed by atoms with van der Waals surface area (Å²) in [6.07, 6.45) is 5.39. The minimum atomic E-state index is -0.504. The summed E-state index contributed by atoms with van der Waals surface area (Å²) in [5.74, 6) is 4.15. The molecule has 0 heterocycles. The van der Waals surface area contributed by atoms with Crippen LogP contribution in [-0.4, -0.2) is 23.3 Å². The highest BCUT2D eigenvalue weighted by Crippen LogP contribution is 2.65. The predicted molar refractivity (Wildman–Crippen MR) is 60.5 cm³/mol. The topological polar surface area (TPSA) is 32.3 Å². The van der Waals surface area contributed by atoms with E-state index in [1.165, 1.54) is 19.3 Å². The summed E-state index contributed by atoms with van der Waals surface area (Å²) in [7, 11) is 0. The van der Waals surface area contributed by atoms with Crippen LogP contribution in [0.25, 0.3) is 0 Å². The average Bonchev–Trinajstić information content (AvgIpc) is 2.55. The molecule has 0 aromatic carbocycles. The maximum absolute atomic E-state index is 9.63. The Bertz CT molecular complexity index is 242. The number of nitrogens with one attached hydrogen (secondary N) is 1. The molecule has 15 heavy (non-hydrogen) atoms. The molecule has 0 radical (unpaired) electrons. The van der Waals surface area contributed by atoms with Gasteiger partial charge in [-0.2, -0.15) is 0 Å². The summed E-state index contributed by atoms with van der Waals surface area (Å²) < 4.78 is 0. The Hall–Kier alpha value is -0.0800. The monoisotopic (exact) mass is 209 g/mol. The first-order valence-corrected chi connectivity index (χ1v) is 6.52. The zero-order chi connectivity index (χ0) is 10.6. The second kappa shape index (κ2) is 3.21. The minimum absolute atomic E-state index is 0.504.